The van der Waals surface area contributed by atoms with Gasteiger partial charge in [0.15, 0.2) is 5.96 Å². The smallest absolute Gasteiger partial charge is 0.280 e. The van der Waals surface area contributed by atoms with Crippen LogP contribution in [0.1, 0.15) is 11.1 Å². The van der Waals surface area contributed by atoms with Gasteiger partial charge in [0.25, 0.3) is 16.0 Å². The maximum absolute atomic E-state index is 12.2. The SMILES string of the molecule is CS(=O)(=O)O.NC(N)=NC(=O)/C(=C/c1ccc(Cl)cc1)c1cccnc1. The van der Waals surface area contributed by atoms with Crippen molar-refractivity contribution in [1.29, 1.82) is 0 Å². The standard InChI is InChI=1S/C15H13ClN4O.CH4O3S/c16-12-5-3-10(4-6-12)8-13(14(21)20-15(17)18)11-2-1-7-19-9-11;1-5(2,3)4/h1-9H,(H4,17,18,20,21);1H3,(H,2,3,4)/b13-8+;. The zero-order valence-corrected chi connectivity index (χ0v) is 15.3. The van der Waals surface area contributed by atoms with E-state index in [4.69, 9.17) is 27.6 Å². The van der Waals surface area contributed by atoms with E-state index in [1.807, 2.05) is 0 Å². The molecule has 0 bridgehead atoms. The number of hydrogen-bond acceptors (Lipinski definition) is 4. The fraction of sp³-hybridized carbons (Fsp3) is 0.0625. The Morgan fingerprint density at radius 3 is 2.27 bits per heavy atom. The van der Waals surface area contributed by atoms with Crippen molar-refractivity contribution in [1.82, 2.24) is 4.98 Å². The molecule has 10 heteroatoms. The molecule has 1 heterocycles. The Kier molecular flexibility index (Phi) is 7.91. The maximum atomic E-state index is 12.2. The number of benzene rings is 1. The fourth-order valence-electron chi connectivity index (χ4n) is 1.69. The monoisotopic (exact) mass is 396 g/mol. The van der Waals surface area contributed by atoms with Crippen LogP contribution in [0, 0.1) is 0 Å². The minimum Gasteiger partial charge on any atom is -0.370 e. The lowest BCUT2D eigenvalue weighted by molar-refractivity contribution is -0.112. The van der Waals surface area contributed by atoms with E-state index in [0.717, 1.165) is 5.56 Å². The number of pyridine rings is 1. The van der Waals surface area contributed by atoms with Crippen molar-refractivity contribution in [2.24, 2.45) is 16.5 Å². The van der Waals surface area contributed by atoms with Crippen LogP contribution in [-0.2, 0) is 14.9 Å². The third-order valence-electron chi connectivity index (χ3n) is 2.61. The van der Waals surface area contributed by atoms with Crippen molar-refractivity contribution in [3.63, 3.8) is 0 Å². The number of carbonyl (C=O) groups is 1. The van der Waals surface area contributed by atoms with Crippen LogP contribution in [0.15, 0.2) is 53.8 Å². The summed E-state index contributed by atoms with van der Waals surface area (Å²) in [6, 6.07) is 10.5. The molecule has 0 unspecified atom stereocenters. The van der Waals surface area contributed by atoms with Gasteiger partial charge in [0.2, 0.25) is 0 Å². The molecule has 2 rings (SSSR count). The van der Waals surface area contributed by atoms with Gasteiger partial charge in [0, 0.05) is 23.0 Å². The quantitative estimate of drug-likeness (QED) is 0.308. The Balaban J connectivity index is 0.000000597. The molecular weight excluding hydrogens is 380 g/mol. The van der Waals surface area contributed by atoms with Crippen molar-refractivity contribution in [3.8, 4) is 0 Å². The number of halogens is 1. The Bertz CT molecular complexity index is 899. The highest BCUT2D eigenvalue weighted by molar-refractivity contribution is 7.85. The van der Waals surface area contributed by atoms with Crippen LogP contribution in [0.2, 0.25) is 5.02 Å². The summed E-state index contributed by atoms with van der Waals surface area (Å²) in [7, 11) is -3.67. The molecule has 0 aliphatic carbocycles. The molecule has 1 aromatic heterocycles. The summed E-state index contributed by atoms with van der Waals surface area (Å²) >= 11 is 5.84. The molecule has 2 aromatic rings. The second-order valence-corrected chi connectivity index (χ2v) is 6.83. The summed E-state index contributed by atoms with van der Waals surface area (Å²) in [6.45, 7) is 0. The van der Waals surface area contributed by atoms with Gasteiger partial charge in [0.1, 0.15) is 0 Å². The van der Waals surface area contributed by atoms with Gasteiger partial charge < -0.3 is 11.5 Å². The van der Waals surface area contributed by atoms with Gasteiger partial charge in [-0.2, -0.15) is 13.4 Å². The van der Waals surface area contributed by atoms with Crippen LogP contribution in [-0.4, -0.2) is 36.1 Å². The van der Waals surface area contributed by atoms with Crippen molar-refractivity contribution >= 4 is 45.2 Å². The van der Waals surface area contributed by atoms with E-state index in [9.17, 15) is 13.2 Å². The molecule has 0 saturated heterocycles. The van der Waals surface area contributed by atoms with E-state index in [-0.39, 0.29) is 5.96 Å². The first kappa shape index (κ1) is 21.3. The highest BCUT2D eigenvalue weighted by Crippen LogP contribution is 2.20. The third kappa shape index (κ3) is 8.92. The first-order valence-electron chi connectivity index (χ1n) is 7.00. The number of aliphatic imine (C=N–C) groups is 1. The molecule has 0 atom stereocenters. The van der Waals surface area contributed by atoms with Crippen molar-refractivity contribution in [2.75, 3.05) is 6.26 Å². The highest BCUT2D eigenvalue weighted by atomic mass is 35.5. The molecule has 26 heavy (non-hydrogen) atoms. The summed E-state index contributed by atoms with van der Waals surface area (Å²) in [4.78, 5) is 19.7. The van der Waals surface area contributed by atoms with Gasteiger partial charge in [-0.05, 0) is 29.8 Å². The topological polar surface area (TPSA) is 149 Å². The molecule has 0 saturated carbocycles. The van der Waals surface area contributed by atoms with Gasteiger partial charge in [-0.1, -0.05) is 29.8 Å². The molecule has 8 nitrogen and oxygen atoms in total. The van der Waals surface area contributed by atoms with E-state index in [2.05, 4.69) is 9.98 Å². The molecule has 5 N–H and O–H groups in total. The number of nitrogens with two attached hydrogens (primary N) is 2. The van der Waals surface area contributed by atoms with Crippen LogP contribution in [0.5, 0.6) is 0 Å². The minimum atomic E-state index is -3.67. The first-order valence-corrected chi connectivity index (χ1v) is 9.23. The summed E-state index contributed by atoms with van der Waals surface area (Å²) < 4.78 is 25.9. The Hall–Kier alpha value is -2.75. The summed E-state index contributed by atoms with van der Waals surface area (Å²) in [5.74, 6) is -0.816. The fourth-order valence-corrected chi connectivity index (χ4v) is 1.82. The lowest BCUT2D eigenvalue weighted by Gasteiger charge is -2.04. The molecule has 0 fully saturated rings. The normalized spacial score (nSPS) is 11.1. The molecule has 0 radical (unpaired) electrons. The Labute approximate surface area is 156 Å². The average Bonchev–Trinajstić information content (AvgIpc) is 2.53. The van der Waals surface area contributed by atoms with E-state index in [0.29, 0.717) is 22.4 Å². The van der Waals surface area contributed by atoms with E-state index in [1.165, 1.54) is 0 Å². The highest BCUT2D eigenvalue weighted by Gasteiger charge is 2.12. The number of amides is 1. The van der Waals surface area contributed by atoms with Gasteiger partial charge in [-0.25, -0.2) is 0 Å². The Morgan fingerprint density at radius 2 is 1.81 bits per heavy atom. The van der Waals surface area contributed by atoms with Crippen LogP contribution in [0.3, 0.4) is 0 Å². The first-order chi connectivity index (χ1) is 12.1. The summed E-state index contributed by atoms with van der Waals surface area (Å²) in [5, 5.41) is 0.616. The molecule has 0 aliphatic heterocycles. The molecule has 0 aliphatic rings. The van der Waals surface area contributed by atoms with Gasteiger partial charge in [-0.15, -0.1) is 0 Å². The number of carbonyl (C=O) groups excluding carboxylic acids is 1. The zero-order chi connectivity index (χ0) is 19.7. The molecule has 1 amide bonds. The minimum absolute atomic E-state index is 0.286. The second-order valence-electron chi connectivity index (χ2n) is 4.93. The third-order valence-corrected chi connectivity index (χ3v) is 2.87. The maximum Gasteiger partial charge on any atom is 0.280 e. The number of hydrogen-bond donors (Lipinski definition) is 3. The lowest BCUT2D eigenvalue weighted by atomic mass is 10.0. The number of rotatable bonds is 3. The molecule has 0 spiro atoms. The lowest BCUT2D eigenvalue weighted by Crippen LogP contribution is -2.24. The van der Waals surface area contributed by atoms with Crippen molar-refractivity contribution in [2.45, 2.75) is 0 Å². The predicted octanol–water partition coefficient (Wildman–Crippen LogP) is 1.58. The zero-order valence-electron chi connectivity index (χ0n) is 13.7. The average molecular weight is 397 g/mol. The van der Waals surface area contributed by atoms with Gasteiger partial charge in [-0.3, -0.25) is 14.3 Å². The largest absolute Gasteiger partial charge is 0.370 e. The second kappa shape index (κ2) is 9.66. The molecule has 1 aromatic carbocycles. The van der Waals surface area contributed by atoms with Crippen molar-refractivity contribution < 1.29 is 17.8 Å². The van der Waals surface area contributed by atoms with E-state index in [1.54, 1.807) is 54.9 Å². The predicted molar refractivity (Wildman–Crippen MR) is 102 cm³/mol. The number of nitrogens with zero attached hydrogens (tertiary/aromatic N) is 2. The number of guanidine groups is 1. The van der Waals surface area contributed by atoms with Crippen molar-refractivity contribution in [3.05, 3.63) is 64.9 Å². The van der Waals surface area contributed by atoms with Crippen LogP contribution >= 0.6 is 11.6 Å². The molecular formula is C16H17ClN4O4S. The summed E-state index contributed by atoms with van der Waals surface area (Å²) in [5.41, 5.74) is 12.3. The van der Waals surface area contributed by atoms with Crippen LogP contribution in [0.4, 0.5) is 0 Å². The van der Waals surface area contributed by atoms with Gasteiger partial charge in [0.05, 0.1) is 11.8 Å². The van der Waals surface area contributed by atoms with Gasteiger partial charge >= 0.3 is 0 Å². The Morgan fingerprint density at radius 1 is 1.23 bits per heavy atom. The summed E-state index contributed by atoms with van der Waals surface area (Å²) in [6.07, 6.45) is 5.59. The van der Waals surface area contributed by atoms with E-state index >= 15 is 0 Å². The number of aromatic nitrogens is 1. The van der Waals surface area contributed by atoms with Crippen LogP contribution in [0.25, 0.3) is 11.6 Å². The molecule has 138 valence electrons. The van der Waals surface area contributed by atoms with Crippen LogP contribution < -0.4 is 11.5 Å². The van der Waals surface area contributed by atoms with E-state index < -0.39 is 16.0 Å².